The summed E-state index contributed by atoms with van der Waals surface area (Å²) < 4.78 is 6.49. The standard InChI is InChI=1S/C16H18N2O3/c1-12(21-2)15(19)17-14-9-6-10-18(16(14)20)11-13-7-4-3-5-8-13/h3-10,12H,11H2,1-2H3,(H,17,19)/t12-/m1/s1. The first-order valence-corrected chi connectivity index (χ1v) is 6.69. The van der Waals surface area contributed by atoms with Gasteiger partial charge in [-0.15, -0.1) is 0 Å². The van der Waals surface area contributed by atoms with Gasteiger partial charge < -0.3 is 14.6 Å². The van der Waals surface area contributed by atoms with E-state index in [0.717, 1.165) is 5.56 Å². The Kier molecular flexibility index (Phi) is 4.90. The third-order valence-electron chi connectivity index (χ3n) is 3.20. The van der Waals surface area contributed by atoms with E-state index in [2.05, 4.69) is 5.32 Å². The first kappa shape index (κ1) is 15.0. The molecule has 1 aromatic heterocycles. The van der Waals surface area contributed by atoms with Crippen molar-refractivity contribution in [2.24, 2.45) is 0 Å². The van der Waals surface area contributed by atoms with E-state index in [1.165, 1.54) is 7.11 Å². The summed E-state index contributed by atoms with van der Waals surface area (Å²) in [5.74, 6) is -0.341. The van der Waals surface area contributed by atoms with Gasteiger partial charge in [0.25, 0.3) is 11.5 Å². The third-order valence-corrected chi connectivity index (χ3v) is 3.20. The number of hydrogen-bond acceptors (Lipinski definition) is 3. The van der Waals surface area contributed by atoms with Crippen molar-refractivity contribution in [2.45, 2.75) is 19.6 Å². The van der Waals surface area contributed by atoms with Crippen LogP contribution >= 0.6 is 0 Å². The summed E-state index contributed by atoms with van der Waals surface area (Å²) in [6.45, 7) is 2.09. The Labute approximate surface area is 123 Å². The fourth-order valence-electron chi connectivity index (χ4n) is 1.88. The Morgan fingerprint density at radius 2 is 1.95 bits per heavy atom. The summed E-state index contributed by atoms with van der Waals surface area (Å²) in [5, 5.41) is 2.59. The molecule has 2 rings (SSSR count). The van der Waals surface area contributed by atoms with E-state index in [0.29, 0.717) is 6.54 Å². The van der Waals surface area contributed by atoms with E-state index in [4.69, 9.17) is 4.74 Å². The number of ether oxygens (including phenoxy) is 1. The van der Waals surface area contributed by atoms with Crippen LogP contribution in [0.2, 0.25) is 0 Å². The highest BCUT2D eigenvalue weighted by Gasteiger charge is 2.13. The minimum atomic E-state index is -0.604. The minimum absolute atomic E-state index is 0.238. The van der Waals surface area contributed by atoms with Gasteiger partial charge in [0.2, 0.25) is 0 Å². The van der Waals surface area contributed by atoms with Gasteiger partial charge in [0.15, 0.2) is 0 Å². The number of aromatic nitrogens is 1. The largest absolute Gasteiger partial charge is 0.372 e. The zero-order valence-corrected chi connectivity index (χ0v) is 12.1. The molecule has 1 atom stereocenters. The van der Waals surface area contributed by atoms with Crippen LogP contribution in [0.15, 0.2) is 53.5 Å². The number of carbonyl (C=O) groups excluding carboxylic acids is 1. The molecule has 110 valence electrons. The molecule has 0 aliphatic carbocycles. The van der Waals surface area contributed by atoms with Gasteiger partial charge in [-0.25, -0.2) is 0 Å². The number of benzene rings is 1. The summed E-state index contributed by atoms with van der Waals surface area (Å²) in [6, 6.07) is 13.0. The first-order chi connectivity index (χ1) is 10.1. The van der Waals surface area contributed by atoms with E-state index < -0.39 is 6.10 Å². The zero-order chi connectivity index (χ0) is 15.2. The van der Waals surface area contributed by atoms with Crippen LogP contribution < -0.4 is 10.9 Å². The molecule has 5 heteroatoms. The number of anilines is 1. The predicted molar refractivity (Wildman–Crippen MR) is 81.3 cm³/mol. The average molecular weight is 286 g/mol. The van der Waals surface area contributed by atoms with Crippen LogP contribution in [-0.4, -0.2) is 23.7 Å². The molecule has 0 radical (unpaired) electrons. The van der Waals surface area contributed by atoms with Crippen molar-refractivity contribution in [3.63, 3.8) is 0 Å². The lowest BCUT2D eigenvalue weighted by atomic mass is 10.2. The molecule has 0 bridgehead atoms. The van der Waals surface area contributed by atoms with Gasteiger partial charge in [0.05, 0.1) is 6.54 Å². The molecule has 1 N–H and O–H groups in total. The number of carbonyl (C=O) groups is 1. The van der Waals surface area contributed by atoms with Crippen molar-refractivity contribution in [3.8, 4) is 0 Å². The van der Waals surface area contributed by atoms with Crippen molar-refractivity contribution < 1.29 is 9.53 Å². The minimum Gasteiger partial charge on any atom is -0.372 e. The van der Waals surface area contributed by atoms with Crippen molar-refractivity contribution in [2.75, 3.05) is 12.4 Å². The Hall–Kier alpha value is -2.40. The normalized spacial score (nSPS) is 11.9. The van der Waals surface area contributed by atoms with Crippen molar-refractivity contribution in [3.05, 3.63) is 64.6 Å². The summed E-state index contributed by atoms with van der Waals surface area (Å²) in [4.78, 5) is 24.1. The molecule has 0 fully saturated rings. The SMILES string of the molecule is CO[C@H](C)C(=O)Nc1cccn(Cc2ccccc2)c1=O. The Balaban J connectivity index is 2.20. The van der Waals surface area contributed by atoms with Crippen molar-refractivity contribution >= 4 is 11.6 Å². The molecule has 0 aliphatic rings. The highest BCUT2D eigenvalue weighted by atomic mass is 16.5. The topological polar surface area (TPSA) is 60.3 Å². The summed E-state index contributed by atoms with van der Waals surface area (Å²) >= 11 is 0. The van der Waals surface area contributed by atoms with Gasteiger partial charge in [0, 0.05) is 13.3 Å². The highest BCUT2D eigenvalue weighted by Crippen LogP contribution is 2.04. The van der Waals surface area contributed by atoms with E-state index in [9.17, 15) is 9.59 Å². The van der Waals surface area contributed by atoms with Crippen molar-refractivity contribution in [1.82, 2.24) is 4.57 Å². The van der Waals surface area contributed by atoms with Crippen molar-refractivity contribution in [1.29, 1.82) is 0 Å². The quantitative estimate of drug-likeness (QED) is 0.912. The van der Waals surface area contributed by atoms with Gasteiger partial charge in [-0.2, -0.15) is 0 Å². The van der Waals surface area contributed by atoms with Gasteiger partial charge in [-0.1, -0.05) is 30.3 Å². The molecule has 0 saturated carbocycles. The van der Waals surface area contributed by atoms with Crippen LogP contribution in [0.3, 0.4) is 0 Å². The Bertz CT molecular complexity index is 665. The molecule has 0 spiro atoms. The Morgan fingerprint density at radius 3 is 2.62 bits per heavy atom. The van der Waals surface area contributed by atoms with E-state index in [1.807, 2.05) is 30.3 Å². The second kappa shape index (κ2) is 6.85. The number of pyridine rings is 1. The molecule has 0 aliphatic heterocycles. The highest BCUT2D eigenvalue weighted by molar-refractivity contribution is 5.93. The van der Waals surface area contributed by atoms with Gasteiger partial charge >= 0.3 is 0 Å². The number of amides is 1. The molecule has 0 saturated heterocycles. The lowest BCUT2D eigenvalue weighted by molar-refractivity contribution is -0.124. The lowest BCUT2D eigenvalue weighted by Gasteiger charge is -2.12. The molecule has 0 unspecified atom stereocenters. The molecular weight excluding hydrogens is 268 g/mol. The summed E-state index contributed by atoms with van der Waals surface area (Å²) in [7, 11) is 1.45. The van der Waals surface area contributed by atoms with Crippen LogP contribution in [0, 0.1) is 0 Å². The maximum atomic E-state index is 12.3. The Morgan fingerprint density at radius 1 is 1.24 bits per heavy atom. The number of methoxy groups -OCH3 is 1. The molecular formula is C16H18N2O3. The van der Waals surface area contributed by atoms with Crippen LogP contribution in [0.1, 0.15) is 12.5 Å². The number of hydrogen-bond donors (Lipinski definition) is 1. The molecule has 1 heterocycles. The summed E-state index contributed by atoms with van der Waals surface area (Å²) in [6.07, 6.45) is 1.09. The summed E-state index contributed by atoms with van der Waals surface area (Å²) in [5.41, 5.74) is 1.04. The second-order valence-electron chi connectivity index (χ2n) is 4.71. The average Bonchev–Trinajstić information content (AvgIpc) is 2.51. The maximum Gasteiger partial charge on any atom is 0.274 e. The molecule has 2 aromatic rings. The third kappa shape index (κ3) is 3.79. The molecule has 1 amide bonds. The lowest BCUT2D eigenvalue weighted by Crippen LogP contribution is -2.31. The van der Waals surface area contributed by atoms with Crippen LogP contribution in [0.4, 0.5) is 5.69 Å². The molecule has 1 aromatic carbocycles. The van der Waals surface area contributed by atoms with Crippen LogP contribution in [0.25, 0.3) is 0 Å². The second-order valence-corrected chi connectivity index (χ2v) is 4.71. The fourth-order valence-corrected chi connectivity index (χ4v) is 1.88. The van der Waals surface area contributed by atoms with E-state index >= 15 is 0 Å². The first-order valence-electron chi connectivity index (χ1n) is 6.69. The van der Waals surface area contributed by atoms with Crippen LogP contribution in [0.5, 0.6) is 0 Å². The number of rotatable bonds is 5. The van der Waals surface area contributed by atoms with E-state index in [1.54, 1.807) is 29.8 Å². The smallest absolute Gasteiger partial charge is 0.274 e. The number of nitrogens with one attached hydrogen (secondary N) is 1. The number of nitrogens with zero attached hydrogens (tertiary/aromatic N) is 1. The fraction of sp³-hybridized carbons (Fsp3) is 0.250. The maximum absolute atomic E-state index is 12.3. The van der Waals surface area contributed by atoms with Crippen LogP contribution in [-0.2, 0) is 16.1 Å². The van der Waals surface area contributed by atoms with Gasteiger partial charge in [-0.3, -0.25) is 9.59 Å². The molecule has 21 heavy (non-hydrogen) atoms. The zero-order valence-electron chi connectivity index (χ0n) is 12.1. The molecule has 5 nitrogen and oxygen atoms in total. The van der Waals surface area contributed by atoms with Gasteiger partial charge in [0.1, 0.15) is 11.8 Å². The monoisotopic (exact) mass is 286 g/mol. The van der Waals surface area contributed by atoms with E-state index in [-0.39, 0.29) is 17.2 Å². The predicted octanol–water partition coefficient (Wildman–Crippen LogP) is 1.87. The van der Waals surface area contributed by atoms with Gasteiger partial charge in [-0.05, 0) is 24.6 Å².